The third kappa shape index (κ3) is 10.3. The smallest absolute Gasteiger partial charge is 0.261 e. The van der Waals surface area contributed by atoms with Crippen LogP contribution in [0, 0.1) is 5.92 Å². The van der Waals surface area contributed by atoms with E-state index in [1.165, 1.54) is 0 Å². The van der Waals surface area contributed by atoms with Gasteiger partial charge in [-0.05, 0) is 12.3 Å². The molecule has 1 unspecified atom stereocenters. The molecule has 0 amide bonds. The minimum atomic E-state index is -3.59. The minimum Gasteiger partial charge on any atom is -0.375 e. The number of hydrogen-bond acceptors (Lipinski definition) is 3. The molecule has 0 radical (unpaired) electrons. The molecule has 0 fully saturated rings. The third-order valence-corrected chi connectivity index (χ3v) is 2.98. The molecule has 92 valence electrons. The molecule has 0 aliphatic heterocycles. The first-order chi connectivity index (χ1) is 6.85. The van der Waals surface area contributed by atoms with E-state index in [1.807, 2.05) is 6.92 Å². The van der Waals surface area contributed by atoms with Gasteiger partial charge in [0, 0.05) is 10.7 Å². The van der Waals surface area contributed by atoms with Gasteiger partial charge in [0.25, 0.3) is 6.43 Å². The normalized spacial score (nSPS) is 14.5. The summed E-state index contributed by atoms with van der Waals surface area (Å²) in [6, 6.07) is 0. The fourth-order valence-electron chi connectivity index (χ4n) is 1.23. The van der Waals surface area contributed by atoms with Crippen molar-refractivity contribution in [3.63, 3.8) is 0 Å². The molecule has 0 aliphatic carbocycles. The molecule has 15 heavy (non-hydrogen) atoms. The Kier molecular flexibility index (Phi) is 7.38. The van der Waals surface area contributed by atoms with E-state index in [9.17, 15) is 17.2 Å². The van der Waals surface area contributed by atoms with Gasteiger partial charge in [0.15, 0.2) is 0 Å². The van der Waals surface area contributed by atoms with E-state index in [1.54, 1.807) is 0 Å². The molecule has 0 aromatic carbocycles. The lowest BCUT2D eigenvalue weighted by molar-refractivity contribution is 0.00545. The van der Waals surface area contributed by atoms with Crippen LogP contribution in [0.3, 0.4) is 0 Å². The first kappa shape index (κ1) is 15.1. The van der Waals surface area contributed by atoms with Gasteiger partial charge in [-0.15, -0.1) is 0 Å². The van der Waals surface area contributed by atoms with Gasteiger partial charge in [-0.1, -0.05) is 13.3 Å². The van der Waals surface area contributed by atoms with Crippen molar-refractivity contribution in [2.24, 2.45) is 5.92 Å². The highest BCUT2D eigenvalue weighted by Crippen LogP contribution is 2.13. The Labute approximate surface area is 93.2 Å². The highest BCUT2D eigenvalue weighted by molar-refractivity contribution is 8.13. The van der Waals surface area contributed by atoms with Crippen molar-refractivity contribution in [2.45, 2.75) is 26.2 Å². The molecule has 1 atom stereocenters. The van der Waals surface area contributed by atoms with E-state index in [-0.39, 0.29) is 18.3 Å². The zero-order valence-corrected chi connectivity index (χ0v) is 10.0. The monoisotopic (exact) mass is 264 g/mol. The average Bonchev–Trinajstić information content (AvgIpc) is 2.00. The molecule has 0 aromatic rings. The minimum absolute atomic E-state index is 0.00410. The van der Waals surface area contributed by atoms with Crippen molar-refractivity contribution in [2.75, 3.05) is 19.0 Å². The van der Waals surface area contributed by atoms with Crippen molar-refractivity contribution >= 4 is 19.7 Å². The summed E-state index contributed by atoms with van der Waals surface area (Å²) in [5, 5.41) is 0. The largest absolute Gasteiger partial charge is 0.375 e. The Morgan fingerprint density at radius 3 is 2.33 bits per heavy atom. The summed E-state index contributed by atoms with van der Waals surface area (Å²) >= 11 is 0. The second-order valence-corrected chi connectivity index (χ2v) is 6.11. The van der Waals surface area contributed by atoms with E-state index in [4.69, 9.17) is 10.7 Å². The van der Waals surface area contributed by atoms with Crippen LogP contribution in [0.1, 0.15) is 19.8 Å². The van der Waals surface area contributed by atoms with Crippen molar-refractivity contribution in [3.8, 4) is 0 Å². The lowest BCUT2D eigenvalue weighted by Crippen LogP contribution is -2.19. The van der Waals surface area contributed by atoms with Crippen molar-refractivity contribution < 1.29 is 21.9 Å². The molecule has 0 saturated heterocycles. The highest BCUT2D eigenvalue weighted by Gasteiger charge is 2.17. The SMILES string of the molecule is CCCC(COCC(F)F)CS(=O)(=O)Cl. The van der Waals surface area contributed by atoms with E-state index >= 15 is 0 Å². The molecule has 3 nitrogen and oxygen atoms in total. The van der Waals surface area contributed by atoms with E-state index in [0.717, 1.165) is 6.42 Å². The van der Waals surface area contributed by atoms with Crippen molar-refractivity contribution in [3.05, 3.63) is 0 Å². The van der Waals surface area contributed by atoms with Crippen LogP contribution in [0.2, 0.25) is 0 Å². The van der Waals surface area contributed by atoms with Crippen LogP contribution in [0.5, 0.6) is 0 Å². The lowest BCUT2D eigenvalue weighted by Gasteiger charge is -2.14. The van der Waals surface area contributed by atoms with Gasteiger partial charge in [-0.25, -0.2) is 17.2 Å². The van der Waals surface area contributed by atoms with Crippen LogP contribution in [0.4, 0.5) is 8.78 Å². The van der Waals surface area contributed by atoms with Gasteiger partial charge in [-0.3, -0.25) is 0 Å². The molecule has 0 spiro atoms. The number of rotatable bonds is 8. The summed E-state index contributed by atoms with van der Waals surface area (Å²) < 4.78 is 49.7. The lowest BCUT2D eigenvalue weighted by atomic mass is 10.1. The Hall–Kier alpha value is 0.0600. The summed E-state index contributed by atoms with van der Waals surface area (Å²) in [5.41, 5.74) is 0. The highest BCUT2D eigenvalue weighted by atomic mass is 35.7. The molecule has 0 aliphatic rings. The topological polar surface area (TPSA) is 43.4 Å². The number of halogens is 3. The number of hydrogen-bond donors (Lipinski definition) is 0. The second-order valence-electron chi connectivity index (χ2n) is 3.29. The van der Waals surface area contributed by atoms with Crippen molar-refractivity contribution in [1.82, 2.24) is 0 Å². The average molecular weight is 265 g/mol. The second kappa shape index (κ2) is 7.35. The summed E-state index contributed by atoms with van der Waals surface area (Å²) in [4.78, 5) is 0. The Morgan fingerprint density at radius 2 is 1.93 bits per heavy atom. The molecule has 7 heteroatoms. The fraction of sp³-hybridized carbons (Fsp3) is 1.00. The van der Waals surface area contributed by atoms with Gasteiger partial charge in [0.05, 0.1) is 12.4 Å². The van der Waals surface area contributed by atoms with Gasteiger partial charge < -0.3 is 4.74 Å². The van der Waals surface area contributed by atoms with E-state index < -0.39 is 22.1 Å². The van der Waals surface area contributed by atoms with Crippen LogP contribution >= 0.6 is 10.7 Å². The predicted octanol–water partition coefficient (Wildman–Crippen LogP) is 2.25. The van der Waals surface area contributed by atoms with Gasteiger partial charge in [0.1, 0.15) is 6.61 Å². The summed E-state index contributed by atoms with van der Waals surface area (Å²) in [6.45, 7) is 1.22. The van der Waals surface area contributed by atoms with E-state index in [0.29, 0.717) is 6.42 Å². The van der Waals surface area contributed by atoms with Crippen LogP contribution in [-0.2, 0) is 13.8 Å². The van der Waals surface area contributed by atoms with Crippen LogP contribution in [0.25, 0.3) is 0 Å². The molecule has 0 rings (SSSR count). The Balaban J connectivity index is 3.94. The van der Waals surface area contributed by atoms with Crippen LogP contribution < -0.4 is 0 Å². The zero-order valence-electron chi connectivity index (χ0n) is 8.46. The molecule has 0 bridgehead atoms. The predicted molar refractivity (Wildman–Crippen MR) is 54.9 cm³/mol. The molecule has 0 aromatic heterocycles. The van der Waals surface area contributed by atoms with Crippen molar-refractivity contribution in [1.29, 1.82) is 0 Å². The first-order valence-electron chi connectivity index (χ1n) is 4.63. The summed E-state index contributed by atoms with van der Waals surface area (Å²) in [7, 11) is 1.48. The molecule has 0 heterocycles. The maximum Gasteiger partial charge on any atom is 0.261 e. The third-order valence-electron chi connectivity index (χ3n) is 1.73. The number of alkyl halides is 2. The zero-order chi connectivity index (χ0) is 11.9. The maximum absolute atomic E-state index is 11.7. The summed E-state index contributed by atoms with van der Waals surface area (Å²) in [5.74, 6) is -0.540. The Morgan fingerprint density at radius 1 is 1.33 bits per heavy atom. The van der Waals surface area contributed by atoms with Crippen LogP contribution in [-0.4, -0.2) is 33.8 Å². The van der Waals surface area contributed by atoms with Crippen LogP contribution in [0.15, 0.2) is 0 Å². The van der Waals surface area contributed by atoms with Gasteiger partial charge in [0.2, 0.25) is 9.05 Å². The van der Waals surface area contributed by atoms with E-state index in [2.05, 4.69) is 4.74 Å². The molecule has 0 saturated carbocycles. The quantitative estimate of drug-likeness (QED) is 0.632. The fourth-order valence-corrected chi connectivity index (χ4v) is 2.59. The number of ether oxygens (including phenoxy) is 1. The van der Waals surface area contributed by atoms with Gasteiger partial charge >= 0.3 is 0 Å². The first-order valence-corrected chi connectivity index (χ1v) is 7.11. The molecular weight excluding hydrogens is 250 g/mol. The van der Waals surface area contributed by atoms with Gasteiger partial charge in [-0.2, -0.15) is 0 Å². The molecular formula is C8H15ClF2O3S. The standard InChI is InChI=1S/C8H15ClF2O3S/c1-2-3-7(6-15(9,12)13)4-14-5-8(10)11/h7-8H,2-6H2,1H3. The Bertz CT molecular complexity index is 257. The molecule has 0 N–H and O–H groups in total. The maximum atomic E-state index is 11.7. The summed E-state index contributed by atoms with van der Waals surface area (Å²) in [6.07, 6.45) is -1.18.